The molecule has 3 heterocycles. The number of fused-ring (bicyclic) bond motifs is 2. The molecule has 0 saturated heterocycles. The zero-order valence-electron chi connectivity index (χ0n) is 18.2. The van der Waals surface area contributed by atoms with Crippen LogP contribution in [-0.2, 0) is 0 Å². The van der Waals surface area contributed by atoms with Gasteiger partial charge in [0.1, 0.15) is 17.9 Å². The number of carbonyl (C=O) groups is 1. The number of nitrogens with one attached hydrogen (secondary N) is 2. The molecule has 2 aromatic carbocycles. The molecule has 11 heteroatoms. The Morgan fingerprint density at radius 1 is 1.12 bits per heavy atom. The van der Waals surface area contributed by atoms with Crippen molar-refractivity contribution >= 4 is 56.9 Å². The number of hydrogen-bond acceptors (Lipinski definition) is 8. The second-order valence-corrected chi connectivity index (χ2v) is 7.87. The van der Waals surface area contributed by atoms with Gasteiger partial charge in [0.2, 0.25) is 0 Å². The first-order valence-corrected chi connectivity index (χ1v) is 10.6. The maximum absolute atomic E-state index is 13.1. The van der Waals surface area contributed by atoms with Crippen molar-refractivity contribution in [2.45, 2.75) is 6.92 Å². The molecule has 1 amide bonds. The number of anilines is 4. The van der Waals surface area contributed by atoms with E-state index in [-0.39, 0.29) is 17.4 Å². The number of halogens is 1. The first-order valence-electron chi connectivity index (χ1n) is 10.2. The Morgan fingerprint density at radius 3 is 2.76 bits per heavy atom. The third-order valence-corrected chi connectivity index (χ3v) is 5.67. The van der Waals surface area contributed by atoms with Gasteiger partial charge in [-0.25, -0.2) is 19.5 Å². The summed E-state index contributed by atoms with van der Waals surface area (Å²) in [5.41, 5.74) is 8.67. The number of imidazole rings is 1. The Hall–Kier alpha value is -4.44. The first-order chi connectivity index (χ1) is 16.5. The zero-order valence-corrected chi connectivity index (χ0v) is 19.0. The van der Waals surface area contributed by atoms with Crippen LogP contribution in [0.5, 0.6) is 5.75 Å². The van der Waals surface area contributed by atoms with Gasteiger partial charge in [-0.05, 0) is 36.8 Å². The molecule has 0 unspecified atom stereocenters. The van der Waals surface area contributed by atoms with Gasteiger partial charge in [0.15, 0.2) is 17.2 Å². The number of methoxy groups -OCH3 is 1. The van der Waals surface area contributed by atoms with E-state index in [1.165, 1.54) is 17.0 Å². The summed E-state index contributed by atoms with van der Waals surface area (Å²) in [5, 5.41) is 12.5. The topological polar surface area (TPSA) is 132 Å². The van der Waals surface area contributed by atoms with E-state index in [4.69, 9.17) is 22.1 Å². The molecule has 3 aromatic heterocycles. The molecule has 5 rings (SSSR count). The highest BCUT2D eigenvalue weighted by atomic mass is 35.5. The Kier molecular flexibility index (Phi) is 5.34. The second-order valence-electron chi connectivity index (χ2n) is 7.46. The zero-order chi connectivity index (χ0) is 23.8. The van der Waals surface area contributed by atoms with Crippen molar-refractivity contribution in [1.29, 1.82) is 0 Å². The number of nitrogens with zero attached hydrogens (tertiary/aromatic N) is 5. The Balaban J connectivity index is 1.52. The van der Waals surface area contributed by atoms with Crippen molar-refractivity contribution in [1.82, 2.24) is 24.6 Å². The molecule has 34 heavy (non-hydrogen) atoms. The first kappa shape index (κ1) is 21.4. The molecule has 0 bridgehead atoms. The third-order valence-electron chi connectivity index (χ3n) is 5.37. The lowest BCUT2D eigenvalue weighted by Gasteiger charge is -2.15. The lowest BCUT2D eigenvalue weighted by Crippen LogP contribution is -2.16. The lowest BCUT2D eigenvalue weighted by atomic mass is 10.1. The van der Waals surface area contributed by atoms with Gasteiger partial charge in [-0.2, -0.15) is 5.10 Å². The number of hydrogen-bond donors (Lipinski definition) is 3. The summed E-state index contributed by atoms with van der Waals surface area (Å²) in [7, 11) is 1.56. The average molecular weight is 475 g/mol. The number of nitrogens with two attached hydrogens (primary N) is 1. The molecule has 170 valence electrons. The molecule has 4 N–H and O–H groups in total. The predicted octanol–water partition coefficient (Wildman–Crippen LogP) is 4.22. The highest BCUT2D eigenvalue weighted by Gasteiger charge is 2.18. The van der Waals surface area contributed by atoms with Crippen LogP contribution < -0.4 is 21.1 Å². The fourth-order valence-electron chi connectivity index (χ4n) is 3.68. The molecule has 10 nitrogen and oxygen atoms in total. The normalized spacial score (nSPS) is 11.0. The fraction of sp³-hybridized carbons (Fsp3) is 0.0870. The fourth-order valence-corrected chi connectivity index (χ4v) is 3.94. The molecule has 0 aliphatic heterocycles. The molecule has 0 aliphatic carbocycles. The average Bonchev–Trinajstić information content (AvgIpc) is 3.27. The van der Waals surface area contributed by atoms with E-state index >= 15 is 0 Å². The number of amides is 1. The highest BCUT2D eigenvalue weighted by Crippen LogP contribution is 2.34. The lowest BCUT2D eigenvalue weighted by molar-refractivity contribution is 0.102. The van der Waals surface area contributed by atoms with Crippen molar-refractivity contribution in [2.24, 2.45) is 0 Å². The molecule has 0 radical (unpaired) electrons. The van der Waals surface area contributed by atoms with Crippen molar-refractivity contribution in [2.75, 3.05) is 23.5 Å². The number of carbonyl (C=O) groups excluding carboxylic acids is 1. The third kappa shape index (κ3) is 3.69. The molecular weight excluding hydrogens is 456 g/mol. The van der Waals surface area contributed by atoms with Crippen molar-refractivity contribution in [3.05, 3.63) is 71.4 Å². The number of aromatic nitrogens is 5. The van der Waals surface area contributed by atoms with Gasteiger partial charge in [-0.15, -0.1) is 0 Å². The van der Waals surface area contributed by atoms with E-state index in [9.17, 15) is 4.79 Å². The maximum Gasteiger partial charge on any atom is 0.276 e. The standard InChI is InChI=1S/C23H19ClN8O2/c1-12-3-5-15-14(7-8-26-21(15)30-13-4-6-18(34-2)16(24)9-13)19(12)31-23(33)17-10-27-22-20(25)28-11-29-32(17)22/h3-11H,1-2H3,(H,26,30)(H,31,33)(H2,25,28,29). The van der Waals surface area contributed by atoms with Crippen LogP contribution in [0.15, 0.2) is 55.1 Å². The van der Waals surface area contributed by atoms with Gasteiger partial charge in [0.05, 0.1) is 24.0 Å². The smallest absolute Gasteiger partial charge is 0.276 e. The van der Waals surface area contributed by atoms with Gasteiger partial charge < -0.3 is 21.1 Å². The monoisotopic (exact) mass is 474 g/mol. The molecule has 0 saturated carbocycles. The van der Waals surface area contributed by atoms with Gasteiger partial charge >= 0.3 is 0 Å². The summed E-state index contributed by atoms with van der Waals surface area (Å²) in [6, 6.07) is 11.1. The van der Waals surface area contributed by atoms with Gasteiger partial charge in [-0.3, -0.25) is 4.79 Å². The van der Waals surface area contributed by atoms with Gasteiger partial charge in [-0.1, -0.05) is 23.7 Å². The van der Waals surface area contributed by atoms with E-state index in [1.807, 2.05) is 31.2 Å². The number of pyridine rings is 1. The molecule has 0 atom stereocenters. The maximum atomic E-state index is 13.1. The van der Waals surface area contributed by atoms with Crippen LogP contribution in [0.2, 0.25) is 5.02 Å². The summed E-state index contributed by atoms with van der Waals surface area (Å²) < 4.78 is 6.57. The number of ether oxygens (including phenoxy) is 1. The van der Waals surface area contributed by atoms with E-state index < -0.39 is 0 Å². The van der Waals surface area contributed by atoms with E-state index in [0.717, 1.165) is 22.0 Å². The summed E-state index contributed by atoms with van der Waals surface area (Å²) >= 11 is 6.26. The molecular formula is C23H19ClN8O2. The second kappa shape index (κ2) is 8.49. The van der Waals surface area contributed by atoms with Crippen molar-refractivity contribution in [3.8, 4) is 5.75 Å². The summed E-state index contributed by atoms with van der Waals surface area (Å²) in [6.45, 7) is 1.92. The minimum atomic E-state index is -0.380. The van der Waals surface area contributed by atoms with E-state index in [1.54, 1.807) is 25.4 Å². The molecule has 0 aliphatic rings. The largest absolute Gasteiger partial charge is 0.495 e. The van der Waals surface area contributed by atoms with Crippen LogP contribution in [0, 0.1) is 6.92 Å². The van der Waals surface area contributed by atoms with E-state index in [2.05, 4.69) is 30.7 Å². The number of benzene rings is 2. The van der Waals surface area contributed by atoms with Crippen LogP contribution >= 0.6 is 11.6 Å². The van der Waals surface area contributed by atoms with Crippen LogP contribution in [0.25, 0.3) is 16.4 Å². The SMILES string of the molecule is COc1ccc(Nc2nccc3c(NC(=O)c4cnc5c(N)ncnn45)c(C)ccc23)cc1Cl. The van der Waals surface area contributed by atoms with Gasteiger partial charge in [0, 0.05) is 22.7 Å². The predicted molar refractivity (Wildman–Crippen MR) is 131 cm³/mol. The van der Waals surface area contributed by atoms with Crippen LogP contribution in [0.3, 0.4) is 0 Å². The summed E-state index contributed by atoms with van der Waals surface area (Å²) in [4.78, 5) is 25.7. The van der Waals surface area contributed by atoms with Crippen molar-refractivity contribution in [3.63, 3.8) is 0 Å². The molecule has 0 fully saturated rings. The highest BCUT2D eigenvalue weighted by molar-refractivity contribution is 6.32. The Bertz CT molecular complexity index is 1570. The quantitative estimate of drug-likeness (QED) is 0.345. The Morgan fingerprint density at radius 2 is 1.97 bits per heavy atom. The summed E-state index contributed by atoms with van der Waals surface area (Å²) in [5.74, 6) is 1.01. The van der Waals surface area contributed by atoms with Gasteiger partial charge in [0.25, 0.3) is 5.91 Å². The van der Waals surface area contributed by atoms with Crippen LogP contribution in [0.4, 0.5) is 23.0 Å². The molecule has 0 spiro atoms. The number of aryl methyl sites for hydroxylation is 1. The number of nitrogen functional groups attached to an aromatic ring is 1. The van der Waals surface area contributed by atoms with Crippen LogP contribution in [0.1, 0.15) is 16.1 Å². The Labute approximate surface area is 198 Å². The molecule has 5 aromatic rings. The number of rotatable bonds is 5. The summed E-state index contributed by atoms with van der Waals surface area (Å²) in [6.07, 6.45) is 4.37. The van der Waals surface area contributed by atoms with Crippen molar-refractivity contribution < 1.29 is 9.53 Å². The minimum absolute atomic E-state index is 0.191. The minimum Gasteiger partial charge on any atom is -0.495 e. The van der Waals surface area contributed by atoms with E-state index in [0.29, 0.717) is 27.9 Å². The van der Waals surface area contributed by atoms with Crippen LogP contribution in [-0.4, -0.2) is 37.6 Å².